The van der Waals surface area contributed by atoms with Crippen molar-refractivity contribution in [1.82, 2.24) is 4.98 Å². The zero-order chi connectivity index (χ0) is 9.97. The lowest BCUT2D eigenvalue weighted by molar-refractivity contribution is 1.33. The molecule has 0 saturated heterocycles. The first-order valence-corrected chi connectivity index (χ1v) is 4.61. The number of nitrogen functional groups attached to an aromatic ring is 1. The number of halogens is 1. The molecule has 0 unspecified atom stereocenters. The second-order valence-corrected chi connectivity index (χ2v) is 3.36. The van der Waals surface area contributed by atoms with Crippen LogP contribution in [0.25, 0.3) is 11.1 Å². The minimum atomic E-state index is 0.580. The SMILES string of the molecule is Nc1cncc(Cl)c1-c1ccccc1. The highest BCUT2D eigenvalue weighted by molar-refractivity contribution is 6.33. The van der Waals surface area contributed by atoms with E-state index in [1.807, 2.05) is 30.3 Å². The molecule has 0 aliphatic heterocycles. The second-order valence-electron chi connectivity index (χ2n) is 2.95. The van der Waals surface area contributed by atoms with Crippen LogP contribution in [0.1, 0.15) is 0 Å². The summed E-state index contributed by atoms with van der Waals surface area (Å²) >= 11 is 6.02. The van der Waals surface area contributed by atoms with Crippen molar-refractivity contribution in [3.63, 3.8) is 0 Å². The van der Waals surface area contributed by atoms with E-state index >= 15 is 0 Å². The monoisotopic (exact) mass is 204 g/mol. The van der Waals surface area contributed by atoms with Crippen LogP contribution in [-0.2, 0) is 0 Å². The number of pyridine rings is 1. The van der Waals surface area contributed by atoms with Gasteiger partial charge in [-0.2, -0.15) is 0 Å². The maximum atomic E-state index is 6.02. The molecule has 1 aromatic heterocycles. The number of aromatic nitrogens is 1. The van der Waals surface area contributed by atoms with Crippen LogP contribution in [-0.4, -0.2) is 4.98 Å². The second kappa shape index (κ2) is 3.68. The Kier molecular flexibility index (Phi) is 2.37. The smallest absolute Gasteiger partial charge is 0.0688 e. The van der Waals surface area contributed by atoms with Crippen molar-refractivity contribution in [2.45, 2.75) is 0 Å². The van der Waals surface area contributed by atoms with Gasteiger partial charge in [0.2, 0.25) is 0 Å². The van der Waals surface area contributed by atoms with Gasteiger partial charge < -0.3 is 5.73 Å². The van der Waals surface area contributed by atoms with Gasteiger partial charge in [-0.3, -0.25) is 4.98 Å². The van der Waals surface area contributed by atoms with E-state index in [0.29, 0.717) is 10.7 Å². The molecule has 0 aliphatic rings. The third-order valence-corrected chi connectivity index (χ3v) is 2.28. The summed E-state index contributed by atoms with van der Waals surface area (Å²) in [7, 11) is 0. The number of anilines is 1. The molecular formula is C11H9ClN2. The molecule has 0 spiro atoms. The Hall–Kier alpha value is -1.54. The fourth-order valence-corrected chi connectivity index (χ4v) is 1.63. The summed E-state index contributed by atoms with van der Waals surface area (Å²) in [6, 6.07) is 9.79. The largest absolute Gasteiger partial charge is 0.397 e. The van der Waals surface area contributed by atoms with E-state index in [4.69, 9.17) is 17.3 Å². The van der Waals surface area contributed by atoms with Crippen LogP contribution in [0.3, 0.4) is 0 Å². The van der Waals surface area contributed by atoms with Crippen LogP contribution < -0.4 is 5.73 Å². The van der Waals surface area contributed by atoms with Gasteiger partial charge in [0.25, 0.3) is 0 Å². The molecule has 1 aromatic carbocycles. The molecular weight excluding hydrogens is 196 g/mol. The minimum Gasteiger partial charge on any atom is -0.397 e. The van der Waals surface area contributed by atoms with Gasteiger partial charge in [0.15, 0.2) is 0 Å². The van der Waals surface area contributed by atoms with Gasteiger partial charge in [0.1, 0.15) is 0 Å². The fourth-order valence-electron chi connectivity index (χ4n) is 1.36. The average Bonchev–Trinajstić information content (AvgIpc) is 2.19. The Morgan fingerprint density at radius 2 is 1.79 bits per heavy atom. The van der Waals surface area contributed by atoms with Crippen LogP contribution >= 0.6 is 11.6 Å². The maximum Gasteiger partial charge on any atom is 0.0688 e. The Morgan fingerprint density at radius 3 is 2.43 bits per heavy atom. The number of nitrogens with two attached hydrogens (primary N) is 1. The van der Waals surface area contributed by atoms with Crippen LogP contribution in [0.15, 0.2) is 42.7 Å². The molecule has 2 aromatic rings. The molecule has 0 saturated carbocycles. The molecule has 2 N–H and O–H groups in total. The number of rotatable bonds is 1. The summed E-state index contributed by atoms with van der Waals surface area (Å²) in [4.78, 5) is 3.91. The first-order valence-electron chi connectivity index (χ1n) is 4.23. The lowest BCUT2D eigenvalue weighted by Crippen LogP contribution is -1.91. The number of hydrogen-bond donors (Lipinski definition) is 1. The summed E-state index contributed by atoms with van der Waals surface area (Å²) in [5.74, 6) is 0. The highest BCUT2D eigenvalue weighted by atomic mass is 35.5. The van der Waals surface area contributed by atoms with Crippen molar-refractivity contribution >= 4 is 17.3 Å². The van der Waals surface area contributed by atoms with Crippen molar-refractivity contribution in [3.05, 3.63) is 47.7 Å². The van der Waals surface area contributed by atoms with Gasteiger partial charge in [-0.1, -0.05) is 41.9 Å². The standard InChI is InChI=1S/C11H9ClN2/c12-9-6-14-7-10(13)11(9)8-4-2-1-3-5-8/h1-7H,13H2. The van der Waals surface area contributed by atoms with E-state index in [1.54, 1.807) is 12.4 Å². The molecule has 14 heavy (non-hydrogen) atoms. The molecule has 1 heterocycles. The lowest BCUT2D eigenvalue weighted by atomic mass is 10.1. The Morgan fingerprint density at radius 1 is 1.07 bits per heavy atom. The molecule has 70 valence electrons. The van der Waals surface area contributed by atoms with Crippen molar-refractivity contribution < 1.29 is 0 Å². The van der Waals surface area contributed by atoms with Crippen molar-refractivity contribution in [2.75, 3.05) is 5.73 Å². The average molecular weight is 205 g/mol. The van der Waals surface area contributed by atoms with E-state index < -0.39 is 0 Å². The first kappa shape index (κ1) is 9.03. The Bertz CT molecular complexity index is 420. The highest BCUT2D eigenvalue weighted by Crippen LogP contribution is 2.31. The maximum absolute atomic E-state index is 6.02. The quantitative estimate of drug-likeness (QED) is 0.776. The van der Waals surface area contributed by atoms with Gasteiger partial charge in [0, 0.05) is 11.8 Å². The van der Waals surface area contributed by atoms with Crippen LogP contribution in [0.5, 0.6) is 0 Å². The third kappa shape index (κ3) is 1.56. The molecule has 3 heteroatoms. The van der Waals surface area contributed by atoms with Gasteiger partial charge in [-0.15, -0.1) is 0 Å². The van der Waals surface area contributed by atoms with E-state index in [-0.39, 0.29) is 0 Å². The van der Waals surface area contributed by atoms with Gasteiger partial charge in [0.05, 0.1) is 16.9 Å². The topological polar surface area (TPSA) is 38.9 Å². The number of nitrogens with zero attached hydrogens (tertiary/aromatic N) is 1. The van der Waals surface area contributed by atoms with Gasteiger partial charge in [-0.05, 0) is 5.56 Å². The lowest BCUT2D eigenvalue weighted by Gasteiger charge is -2.06. The van der Waals surface area contributed by atoms with Crippen LogP contribution in [0, 0.1) is 0 Å². The summed E-state index contributed by atoms with van der Waals surface area (Å²) < 4.78 is 0. The van der Waals surface area contributed by atoms with Crippen molar-refractivity contribution in [1.29, 1.82) is 0 Å². The van der Waals surface area contributed by atoms with E-state index in [9.17, 15) is 0 Å². The number of benzene rings is 1. The molecule has 0 fully saturated rings. The molecule has 0 radical (unpaired) electrons. The zero-order valence-electron chi connectivity index (χ0n) is 7.44. The Balaban J connectivity index is 2.63. The molecule has 2 rings (SSSR count). The third-order valence-electron chi connectivity index (χ3n) is 1.99. The minimum absolute atomic E-state index is 0.580. The molecule has 0 atom stereocenters. The fraction of sp³-hybridized carbons (Fsp3) is 0. The Labute approximate surface area is 87.4 Å². The van der Waals surface area contributed by atoms with E-state index in [1.165, 1.54) is 0 Å². The van der Waals surface area contributed by atoms with Gasteiger partial charge in [-0.25, -0.2) is 0 Å². The number of hydrogen-bond acceptors (Lipinski definition) is 2. The molecule has 0 aliphatic carbocycles. The summed E-state index contributed by atoms with van der Waals surface area (Å²) in [5, 5.41) is 0.580. The normalized spacial score (nSPS) is 10.1. The van der Waals surface area contributed by atoms with Gasteiger partial charge >= 0.3 is 0 Å². The summed E-state index contributed by atoms with van der Waals surface area (Å²) in [6.45, 7) is 0. The highest BCUT2D eigenvalue weighted by Gasteiger charge is 2.06. The van der Waals surface area contributed by atoms with Crippen molar-refractivity contribution in [2.24, 2.45) is 0 Å². The summed E-state index contributed by atoms with van der Waals surface area (Å²) in [5.41, 5.74) is 8.27. The van der Waals surface area contributed by atoms with E-state index in [2.05, 4.69) is 4.98 Å². The predicted molar refractivity (Wildman–Crippen MR) is 59.1 cm³/mol. The van der Waals surface area contributed by atoms with E-state index in [0.717, 1.165) is 11.1 Å². The van der Waals surface area contributed by atoms with Crippen molar-refractivity contribution in [3.8, 4) is 11.1 Å². The van der Waals surface area contributed by atoms with Crippen LogP contribution in [0.2, 0.25) is 5.02 Å². The summed E-state index contributed by atoms with van der Waals surface area (Å²) in [6.07, 6.45) is 3.20. The molecule has 2 nitrogen and oxygen atoms in total. The van der Waals surface area contributed by atoms with Crippen LogP contribution in [0.4, 0.5) is 5.69 Å². The first-order chi connectivity index (χ1) is 6.79. The molecule has 0 amide bonds. The zero-order valence-corrected chi connectivity index (χ0v) is 8.20. The predicted octanol–water partition coefficient (Wildman–Crippen LogP) is 2.98. The molecule has 0 bridgehead atoms.